The van der Waals surface area contributed by atoms with Crippen molar-refractivity contribution in [2.45, 2.75) is 84.2 Å². The first-order valence-corrected chi connectivity index (χ1v) is 14.2. The van der Waals surface area contributed by atoms with Crippen molar-refractivity contribution in [3.05, 3.63) is 41.5 Å². The lowest BCUT2D eigenvalue weighted by Gasteiger charge is -2.59. The number of phenolic OH excluding ortho intramolecular Hbond substituents is 1. The van der Waals surface area contributed by atoms with E-state index in [1.807, 2.05) is 12.1 Å². The minimum Gasteiger partial charge on any atom is -0.508 e. The van der Waals surface area contributed by atoms with Crippen molar-refractivity contribution in [1.82, 2.24) is 5.32 Å². The summed E-state index contributed by atoms with van der Waals surface area (Å²) in [6.07, 6.45) is 10.3. The molecular weight excluding hydrogens is 480 g/mol. The van der Waals surface area contributed by atoms with Gasteiger partial charge in [0.15, 0.2) is 12.4 Å². The Morgan fingerprint density at radius 1 is 1.05 bits per heavy atom. The summed E-state index contributed by atoms with van der Waals surface area (Å²) in [5.74, 6) is 1.48. The zero-order chi connectivity index (χ0) is 27.1. The molecule has 0 heterocycles. The predicted molar refractivity (Wildman–Crippen MR) is 146 cm³/mol. The molecule has 1 amide bonds. The normalized spacial score (nSPS) is 37.0. The Labute approximate surface area is 225 Å². The Hall–Kier alpha value is -2.67. The van der Waals surface area contributed by atoms with Crippen LogP contribution in [-0.2, 0) is 20.8 Å². The first-order chi connectivity index (χ1) is 18.1. The fraction of sp³-hybridized carbons (Fsp3) is 0.645. The van der Waals surface area contributed by atoms with Crippen LogP contribution in [0.4, 0.5) is 0 Å². The molecule has 4 aliphatic carbocycles. The summed E-state index contributed by atoms with van der Waals surface area (Å²) in [5.41, 5.74) is 2.03. The number of carbonyl (C=O) groups excluding carboxylic acids is 2. The van der Waals surface area contributed by atoms with Gasteiger partial charge in [0, 0.05) is 12.0 Å². The molecule has 7 heteroatoms. The second kappa shape index (κ2) is 10.1. The van der Waals surface area contributed by atoms with Crippen molar-refractivity contribution in [2.75, 3.05) is 13.2 Å². The first kappa shape index (κ1) is 26.9. The van der Waals surface area contributed by atoms with Crippen LogP contribution < -0.4 is 5.32 Å². The number of nitrogens with zero attached hydrogens (tertiary/aromatic N) is 1. The van der Waals surface area contributed by atoms with E-state index in [1.165, 1.54) is 5.57 Å². The van der Waals surface area contributed by atoms with Gasteiger partial charge >= 0.3 is 0 Å². The average molecular weight is 523 g/mol. The van der Waals surface area contributed by atoms with Gasteiger partial charge in [-0.15, -0.1) is 0 Å². The van der Waals surface area contributed by atoms with Gasteiger partial charge in [0.05, 0.1) is 5.71 Å². The number of oxime groups is 1. The van der Waals surface area contributed by atoms with Crippen LogP contribution in [0.1, 0.15) is 77.7 Å². The number of fused-ring (bicyclic) bond motifs is 5. The molecule has 3 unspecified atom stereocenters. The van der Waals surface area contributed by atoms with E-state index in [4.69, 9.17) is 4.84 Å². The lowest BCUT2D eigenvalue weighted by Crippen LogP contribution is -2.57. The van der Waals surface area contributed by atoms with Crippen LogP contribution >= 0.6 is 0 Å². The Morgan fingerprint density at radius 3 is 2.53 bits per heavy atom. The molecule has 6 atom stereocenters. The Morgan fingerprint density at radius 2 is 1.79 bits per heavy atom. The van der Waals surface area contributed by atoms with Crippen LogP contribution in [0, 0.1) is 28.6 Å². The summed E-state index contributed by atoms with van der Waals surface area (Å²) >= 11 is 0. The zero-order valence-electron chi connectivity index (χ0n) is 23.0. The number of nitrogens with one attached hydrogen (secondary N) is 1. The summed E-state index contributed by atoms with van der Waals surface area (Å²) in [6, 6.07) is 6.96. The number of hydrogen-bond donors (Lipinski definition) is 3. The lowest BCUT2D eigenvalue weighted by atomic mass is 9.46. The van der Waals surface area contributed by atoms with Crippen molar-refractivity contribution in [2.24, 2.45) is 33.7 Å². The Bertz CT molecular complexity index is 1140. The van der Waals surface area contributed by atoms with Gasteiger partial charge < -0.3 is 20.4 Å². The van der Waals surface area contributed by atoms with E-state index in [0.29, 0.717) is 37.1 Å². The number of benzene rings is 1. The third kappa shape index (κ3) is 4.57. The number of Topliss-reactive ketones (excluding diaryl/α,β-unsaturated/α-hetero) is 1. The fourth-order valence-corrected chi connectivity index (χ4v) is 8.47. The van der Waals surface area contributed by atoms with Gasteiger partial charge in [0.25, 0.3) is 5.91 Å². The van der Waals surface area contributed by atoms with Gasteiger partial charge in [-0.2, -0.15) is 0 Å². The smallest absolute Gasteiger partial charge is 0.260 e. The van der Waals surface area contributed by atoms with Crippen LogP contribution in [0.5, 0.6) is 5.75 Å². The van der Waals surface area contributed by atoms with Crippen LogP contribution in [0.3, 0.4) is 0 Å². The summed E-state index contributed by atoms with van der Waals surface area (Å²) in [4.78, 5) is 30.0. The molecule has 5 rings (SSSR count). The topological polar surface area (TPSA) is 108 Å². The number of rotatable bonds is 7. The highest BCUT2D eigenvalue weighted by Gasteiger charge is 2.65. The van der Waals surface area contributed by atoms with Crippen LogP contribution in [0.2, 0.25) is 0 Å². The van der Waals surface area contributed by atoms with E-state index in [0.717, 1.165) is 56.2 Å². The molecule has 3 N–H and O–H groups in total. The third-order valence-electron chi connectivity index (χ3n) is 10.8. The molecule has 1 aromatic rings. The SMILES string of the molecule is CC(=O)[C@@]1(O)CCC2C3CCC4=CC(=NOCC(=O)NCCc5ccc(O)cc5)CC[C@]4(C)C3CC[C@@]21C. The minimum atomic E-state index is -1.17. The molecule has 0 radical (unpaired) electrons. The molecule has 0 spiro atoms. The maximum Gasteiger partial charge on any atom is 0.260 e. The number of aromatic hydroxyl groups is 1. The quantitative estimate of drug-likeness (QED) is 0.450. The second-order valence-electron chi connectivity index (χ2n) is 12.5. The molecule has 0 saturated heterocycles. The van der Waals surface area contributed by atoms with Crippen molar-refractivity contribution in [1.29, 1.82) is 0 Å². The number of amides is 1. The summed E-state index contributed by atoms with van der Waals surface area (Å²) in [7, 11) is 0. The summed E-state index contributed by atoms with van der Waals surface area (Å²) < 4.78 is 0. The molecular formula is C31H42N2O5. The molecule has 206 valence electrons. The van der Waals surface area contributed by atoms with Gasteiger partial charge in [-0.3, -0.25) is 9.59 Å². The summed E-state index contributed by atoms with van der Waals surface area (Å²) in [5, 5.41) is 27.9. The number of allylic oxidation sites excluding steroid dienone is 2. The molecule has 0 aliphatic heterocycles. The van der Waals surface area contributed by atoms with Crippen molar-refractivity contribution in [3.63, 3.8) is 0 Å². The third-order valence-corrected chi connectivity index (χ3v) is 10.8. The zero-order valence-corrected chi connectivity index (χ0v) is 23.0. The molecule has 3 fully saturated rings. The fourth-order valence-electron chi connectivity index (χ4n) is 8.47. The van der Waals surface area contributed by atoms with Gasteiger partial charge in [0.2, 0.25) is 0 Å². The van der Waals surface area contributed by atoms with Gasteiger partial charge in [-0.1, -0.05) is 36.7 Å². The molecule has 0 aromatic heterocycles. The van der Waals surface area contributed by atoms with Crippen molar-refractivity contribution >= 4 is 17.4 Å². The standard InChI is InChI=1S/C31H42N2O5/c1-20(34)31(37)16-12-27-25-9-6-22-18-23(10-14-29(22,2)26(25)11-15-30(27,31)3)33-38-19-28(36)32-17-13-21-4-7-24(35)8-5-21/h4-5,7-8,18,25-27,35,37H,6,9-17,19H2,1-3H3,(H,32,36)/t25?,26?,27?,29-,30-,31-/m0/s1. The number of aliphatic hydroxyl groups is 1. The van der Waals surface area contributed by atoms with E-state index in [2.05, 4.69) is 30.4 Å². The summed E-state index contributed by atoms with van der Waals surface area (Å²) in [6.45, 7) is 6.53. The maximum atomic E-state index is 12.4. The van der Waals surface area contributed by atoms with Gasteiger partial charge in [-0.05, 0) is 112 Å². The molecule has 3 saturated carbocycles. The Balaban J connectivity index is 1.16. The molecule has 1 aromatic carbocycles. The highest BCUT2D eigenvalue weighted by atomic mass is 16.6. The largest absolute Gasteiger partial charge is 0.508 e. The van der Waals surface area contributed by atoms with E-state index < -0.39 is 5.60 Å². The van der Waals surface area contributed by atoms with Crippen LogP contribution in [0.15, 0.2) is 41.1 Å². The number of phenols is 1. The first-order valence-electron chi connectivity index (χ1n) is 14.2. The molecule has 4 aliphatic rings. The average Bonchev–Trinajstić information content (AvgIpc) is 3.17. The van der Waals surface area contributed by atoms with Gasteiger partial charge in [0.1, 0.15) is 11.4 Å². The van der Waals surface area contributed by atoms with Crippen LogP contribution in [-0.4, -0.2) is 46.4 Å². The Kier molecular flexibility index (Phi) is 7.18. The van der Waals surface area contributed by atoms with Crippen molar-refractivity contribution in [3.8, 4) is 5.75 Å². The number of ketones is 1. The molecule has 38 heavy (non-hydrogen) atoms. The van der Waals surface area contributed by atoms with Crippen LogP contribution in [0.25, 0.3) is 0 Å². The monoisotopic (exact) mass is 522 g/mol. The van der Waals surface area contributed by atoms with E-state index >= 15 is 0 Å². The predicted octanol–water partition coefficient (Wildman–Crippen LogP) is 4.71. The van der Waals surface area contributed by atoms with E-state index in [9.17, 15) is 19.8 Å². The highest BCUT2D eigenvalue weighted by Crippen LogP contribution is 2.67. The van der Waals surface area contributed by atoms with E-state index in [1.54, 1.807) is 19.1 Å². The molecule has 7 nitrogen and oxygen atoms in total. The second-order valence-corrected chi connectivity index (χ2v) is 12.5. The van der Waals surface area contributed by atoms with E-state index in [-0.39, 0.29) is 34.9 Å². The molecule has 0 bridgehead atoms. The number of hydrogen-bond acceptors (Lipinski definition) is 6. The minimum absolute atomic E-state index is 0.0619. The maximum absolute atomic E-state index is 12.4. The van der Waals surface area contributed by atoms with Crippen molar-refractivity contribution < 1.29 is 24.6 Å². The number of carbonyl (C=O) groups is 2. The lowest BCUT2D eigenvalue weighted by molar-refractivity contribution is -0.159. The van der Waals surface area contributed by atoms with Gasteiger partial charge in [-0.25, -0.2) is 0 Å². The highest BCUT2D eigenvalue weighted by molar-refractivity contribution is 5.96.